The summed E-state index contributed by atoms with van der Waals surface area (Å²) in [4.78, 5) is 38.4. The first-order valence-corrected chi connectivity index (χ1v) is 6.11. The minimum atomic E-state index is -0.637. The van der Waals surface area contributed by atoms with Crippen molar-refractivity contribution in [2.75, 3.05) is 5.32 Å². The van der Waals surface area contributed by atoms with Crippen molar-refractivity contribution in [1.29, 1.82) is 0 Å². The van der Waals surface area contributed by atoms with Crippen LogP contribution in [0.2, 0.25) is 0 Å². The highest BCUT2D eigenvalue weighted by Gasteiger charge is 2.09. The molecule has 0 spiro atoms. The molecule has 0 saturated carbocycles. The lowest BCUT2D eigenvalue weighted by molar-refractivity contribution is -0.115. The standard InChI is InChI=1S/C12H15N5O3/c1-6(2)8-5-9(17-16-8)14-10(18)3-7-4-11(19)15-12(20)13-7/h4-6H,3H2,1-2H3,(H2,13,15,19,20)(H2,14,16,17,18). The highest BCUT2D eigenvalue weighted by molar-refractivity contribution is 5.91. The van der Waals surface area contributed by atoms with E-state index >= 15 is 0 Å². The van der Waals surface area contributed by atoms with Crippen LogP contribution in [0.3, 0.4) is 0 Å². The van der Waals surface area contributed by atoms with Gasteiger partial charge >= 0.3 is 5.69 Å². The molecule has 4 N–H and O–H groups in total. The van der Waals surface area contributed by atoms with Gasteiger partial charge in [-0.2, -0.15) is 5.10 Å². The van der Waals surface area contributed by atoms with Crippen molar-refractivity contribution in [2.24, 2.45) is 0 Å². The molecule has 0 radical (unpaired) electrons. The Morgan fingerprint density at radius 1 is 1.30 bits per heavy atom. The number of carbonyl (C=O) groups is 1. The van der Waals surface area contributed by atoms with E-state index in [4.69, 9.17) is 0 Å². The van der Waals surface area contributed by atoms with E-state index in [9.17, 15) is 14.4 Å². The van der Waals surface area contributed by atoms with Crippen LogP contribution in [-0.4, -0.2) is 26.1 Å². The minimum absolute atomic E-state index is 0.108. The average Bonchev–Trinajstić information content (AvgIpc) is 2.75. The maximum absolute atomic E-state index is 11.8. The molecule has 0 aliphatic carbocycles. The Labute approximate surface area is 113 Å². The second-order valence-corrected chi connectivity index (χ2v) is 4.70. The second kappa shape index (κ2) is 5.55. The van der Waals surface area contributed by atoms with Gasteiger partial charge in [0.15, 0.2) is 5.82 Å². The molecule has 1 amide bonds. The number of aromatic amines is 3. The number of anilines is 1. The summed E-state index contributed by atoms with van der Waals surface area (Å²) in [6.07, 6.45) is -0.108. The highest BCUT2D eigenvalue weighted by atomic mass is 16.2. The topological polar surface area (TPSA) is 124 Å². The van der Waals surface area contributed by atoms with E-state index in [1.165, 1.54) is 6.07 Å². The molecule has 2 aromatic heterocycles. The van der Waals surface area contributed by atoms with Crippen molar-refractivity contribution in [3.63, 3.8) is 0 Å². The first-order chi connectivity index (χ1) is 9.44. The molecule has 2 rings (SSSR count). The van der Waals surface area contributed by atoms with E-state index < -0.39 is 11.2 Å². The number of aromatic nitrogens is 4. The number of H-pyrrole nitrogens is 3. The summed E-state index contributed by atoms with van der Waals surface area (Å²) in [5.41, 5.74) is -0.0266. The smallest absolute Gasteiger partial charge is 0.311 e. The van der Waals surface area contributed by atoms with Gasteiger partial charge in [0.1, 0.15) is 0 Å². The molecule has 20 heavy (non-hydrogen) atoms. The molecule has 0 fully saturated rings. The van der Waals surface area contributed by atoms with Crippen molar-refractivity contribution in [1.82, 2.24) is 20.2 Å². The van der Waals surface area contributed by atoms with Crippen LogP contribution in [-0.2, 0) is 11.2 Å². The summed E-state index contributed by atoms with van der Waals surface area (Å²) in [5, 5.41) is 9.36. The molecular formula is C12H15N5O3. The molecule has 8 heteroatoms. The fourth-order valence-corrected chi connectivity index (χ4v) is 1.67. The molecule has 0 saturated heterocycles. The van der Waals surface area contributed by atoms with Crippen molar-refractivity contribution >= 4 is 11.7 Å². The van der Waals surface area contributed by atoms with Crippen LogP contribution in [0.25, 0.3) is 0 Å². The molecule has 0 bridgehead atoms. The molecule has 0 atom stereocenters. The van der Waals surface area contributed by atoms with E-state index in [1.54, 1.807) is 6.07 Å². The van der Waals surface area contributed by atoms with E-state index in [0.717, 1.165) is 5.69 Å². The van der Waals surface area contributed by atoms with E-state index in [0.29, 0.717) is 5.82 Å². The minimum Gasteiger partial charge on any atom is -0.311 e. The second-order valence-electron chi connectivity index (χ2n) is 4.70. The van der Waals surface area contributed by atoms with Gasteiger partial charge in [-0.3, -0.25) is 19.7 Å². The normalized spacial score (nSPS) is 10.8. The van der Waals surface area contributed by atoms with Gasteiger partial charge in [0.05, 0.1) is 6.42 Å². The molecule has 0 aliphatic heterocycles. The lowest BCUT2D eigenvalue weighted by atomic mass is 10.1. The average molecular weight is 277 g/mol. The third-order valence-corrected chi connectivity index (χ3v) is 2.65. The molecule has 8 nitrogen and oxygen atoms in total. The van der Waals surface area contributed by atoms with E-state index in [2.05, 4.69) is 20.5 Å². The molecule has 2 aromatic rings. The first kappa shape index (κ1) is 13.8. The van der Waals surface area contributed by atoms with Crippen LogP contribution in [0.1, 0.15) is 31.2 Å². The summed E-state index contributed by atoms with van der Waals surface area (Å²) in [6, 6.07) is 2.91. The van der Waals surface area contributed by atoms with Crippen LogP contribution < -0.4 is 16.6 Å². The summed E-state index contributed by atoms with van der Waals surface area (Å²) in [7, 11) is 0. The molecule has 0 aliphatic rings. The zero-order valence-electron chi connectivity index (χ0n) is 11.1. The fraction of sp³-hybridized carbons (Fsp3) is 0.333. The molecule has 106 valence electrons. The van der Waals surface area contributed by atoms with Gasteiger partial charge in [-0.25, -0.2) is 4.79 Å². The van der Waals surface area contributed by atoms with Gasteiger partial charge in [-0.15, -0.1) is 0 Å². The Kier molecular flexibility index (Phi) is 3.83. The number of carbonyl (C=O) groups excluding carboxylic acids is 1. The van der Waals surface area contributed by atoms with Crippen molar-refractivity contribution < 1.29 is 4.79 Å². The van der Waals surface area contributed by atoms with Gasteiger partial charge in [0, 0.05) is 23.5 Å². The Bertz CT molecular complexity index is 697. The summed E-state index contributed by atoms with van der Waals surface area (Å²) >= 11 is 0. The molecule has 0 aromatic carbocycles. The third kappa shape index (κ3) is 3.44. The lowest BCUT2D eigenvalue weighted by Crippen LogP contribution is -2.25. The van der Waals surface area contributed by atoms with Crippen LogP contribution in [0.5, 0.6) is 0 Å². The maximum atomic E-state index is 11.8. The fourth-order valence-electron chi connectivity index (χ4n) is 1.67. The monoisotopic (exact) mass is 277 g/mol. The third-order valence-electron chi connectivity index (χ3n) is 2.65. The summed E-state index contributed by atoms with van der Waals surface area (Å²) in [6.45, 7) is 4.00. The summed E-state index contributed by atoms with van der Waals surface area (Å²) in [5.74, 6) is 0.316. The maximum Gasteiger partial charge on any atom is 0.325 e. The SMILES string of the molecule is CC(C)c1cc(NC(=O)Cc2cc(=O)[nH]c(=O)[nH]2)n[nH]1. The van der Waals surface area contributed by atoms with Gasteiger partial charge in [0.2, 0.25) is 5.91 Å². The Hall–Kier alpha value is -2.64. The van der Waals surface area contributed by atoms with Gasteiger partial charge in [-0.05, 0) is 5.92 Å². The van der Waals surface area contributed by atoms with Crippen LogP contribution >= 0.6 is 0 Å². The molecular weight excluding hydrogens is 262 g/mol. The quantitative estimate of drug-likeness (QED) is 0.632. The van der Waals surface area contributed by atoms with Crippen molar-refractivity contribution in [3.8, 4) is 0 Å². The van der Waals surface area contributed by atoms with Gasteiger partial charge in [-0.1, -0.05) is 13.8 Å². The number of hydrogen-bond donors (Lipinski definition) is 4. The van der Waals surface area contributed by atoms with Gasteiger partial charge in [0.25, 0.3) is 5.56 Å². The zero-order valence-corrected chi connectivity index (χ0v) is 11.1. The van der Waals surface area contributed by atoms with Crippen LogP contribution in [0.15, 0.2) is 21.7 Å². The van der Waals surface area contributed by atoms with Crippen LogP contribution in [0, 0.1) is 0 Å². The predicted octanol–water partition coefficient (Wildman–Crippen LogP) is 0.0909. The number of nitrogens with zero attached hydrogens (tertiary/aromatic N) is 1. The Morgan fingerprint density at radius 3 is 2.65 bits per heavy atom. The molecule has 2 heterocycles. The number of amides is 1. The van der Waals surface area contributed by atoms with Crippen molar-refractivity contribution in [3.05, 3.63) is 44.4 Å². The van der Waals surface area contributed by atoms with Crippen LogP contribution in [0.4, 0.5) is 5.82 Å². The number of hydrogen-bond acceptors (Lipinski definition) is 4. The molecule has 0 unspecified atom stereocenters. The van der Waals surface area contributed by atoms with E-state index in [-0.39, 0.29) is 23.9 Å². The first-order valence-electron chi connectivity index (χ1n) is 6.11. The Morgan fingerprint density at radius 2 is 2.05 bits per heavy atom. The van der Waals surface area contributed by atoms with E-state index in [1.807, 2.05) is 18.8 Å². The predicted molar refractivity (Wildman–Crippen MR) is 72.7 cm³/mol. The lowest BCUT2D eigenvalue weighted by Gasteiger charge is -2.01. The number of rotatable bonds is 4. The largest absolute Gasteiger partial charge is 0.325 e. The van der Waals surface area contributed by atoms with Gasteiger partial charge < -0.3 is 10.3 Å². The number of nitrogens with one attached hydrogen (secondary N) is 4. The van der Waals surface area contributed by atoms with Crippen molar-refractivity contribution in [2.45, 2.75) is 26.2 Å². The summed E-state index contributed by atoms with van der Waals surface area (Å²) < 4.78 is 0. The Balaban J connectivity index is 2.04. The highest BCUT2D eigenvalue weighted by Crippen LogP contribution is 2.14. The zero-order chi connectivity index (χ0) is 14.7.